The van der Waals surface area contributed by atoms with E-state index in [1.807, 2.05) is 54.6 Å². The van der Waals surface area contributed by atoms with Crippen LogP contribution in [0.15, 0.2) is 70.1 Å². The van der Waals surface area contributed by atoms with Crippen molar-refractivity contribution in [2.45, 2.75) is 0 Å². The van der Waals surface area contributed by atoms with Gasteiger partial charge in [-0.2, -0.15) is 0 Å². The molecule has 0 aliphatic carbocycles. The summed E-state index contributed by atoms with van der Waals surface area (Å²) in [5.41, 5.74) is 2.78. The summed E-state index contributed by atoms with van der Waals surface area (Å²) in [7, 11) is 0. The predicted molar refractivity (Wildman–Crippen MR) is 85.2 cm³/mol. The molecule has 0 aliphatic heterocycles. The van der Waals surface area contributed by atoms with Crippen molar-refractivity contribution in [2.75, 3.05) is 0 Å². The molecule has 1 heterocycles. The largest absolute Gasteiger partial charge is 0.436 e. The van der Waals surface area contributed by atoms with E-state index in [2.05, 4.69) is 27.5 Å². The maximum Gasteiger partial charge on any atom is 0.227 e. The average Bonchev–Trinajstić information content (AvgIpc) is 2.93. The first-order chi connectivity index (χ1) is 9.78. The molecule has 3 heteroatoms. The molecular weight excluding hydrogens is 314 g/mol. The second-order valence-electron chi connectivity index (χ2n) is 4.31. The summed E-state index contributed by atoms with van der Waals surface area (Å²) in [6.45, 7) is 3.80. The van der Waals surface area contributed by atoms with Crippen molar-refractivity contribution in [3.05, 3.63) is 71.4 Å². The van der Waals surface area contributed by atoms with Crippen LogP contribution in [0.1, 0.15) is 5.76 Å². The number of oxazole rings is 1. The monoisotopic (exact) mass is 325 g/mol. The lowest BCUT2D eigenvalue weighted by molar-refractivity contribution is 0.565. The Morgan fingerprint density at radius 2 is 1.65 bits per heavy atom. The fourth-order valence-electron chi connectivity index (χ4n) is 1.99. The Labute approximate surface area is 125 Å². The maximum atomic E-state index is 5.79. The standard InChI is InChI=1S/C17H12BrNO/c1-2-15-16(12-8-10-14(18)11-9-12)19-17(20-15)13-6-4-3-5-7-13/h2-11H,1H2. The van der Waals surface area contributed by atoms with Crippen molar-refractivity contribution < 1.29 is 4.42 Å². The van der Waals surface area contributed by atoms with Gasteiger partial charge in [-0.1, -0.05) is 52.8 Å². The predicted octanol–water partition coefficient (Wildman–Crippen LogP) is 5.41. The Hall–Kier alpha value is -2.13. The van der Waals surface area contributed by atoms with Gasteiger partial charge in [-0.3, -0.25) is 0 Å². The number of hydrogen-bond donors (Lipinski definition) is 0. The molecule has 0 fully saturated rings. The van der Waals surface area contributed by atoms with Crippen molar-refractivity contribution in [1.82, 2.24) is 4.98 Å². The molecule has 1 aromatic heterocycles. The first kappa shape index (κ1) is 12.9. The van der Waals surface area contributed by atoms with E-state index in [0.29, 0.717) is 11.7 Å². The maximum absolute atomic E-state index is 5.79. The molecule has 0 unspecified atom stereocenters. The molecular formula is C17H12BrNO. The Morgan fingerprint density at radius 1 is 0.950 bits per heavy atom. The minimum atomic E-state index is 0.610. The van der Waals surface area contributed by atoms with Gasteiger partial charge in [0.15, 0.2) is 5.76 Å². The molecule has 0 bridgehead atoms. The van der Waals surface area contributed by atoms with Gasteiger partial charge in [0.25, 0.3) is 0 Å². The molecule has 0 spiro atoms. The van der Waals surface area contributed by atoms with Crippen molar-refractivity contribution in [3.8, 4) is 22.7 Å². The normalized spacial score (nSPS) is 10.4. The van der Waals surface area contributed by atoms with E-state index in [1.54, 1.807) is 6.08 Å². The summed E-state index contributed by atoms with van der Waals surface area (Å²) in [5, 5.41) is 0. The van der Waals surface area contributed by atoms with E-state index < -0.39 is 0 Å². The highest BCUT2D eigenvalue weighted by atomic mass is 79.9. The minimum Gasteiger partial charge on any atom is -0.436 e. The number of hydrogen-bond acceptors (Lipinski definition) is 2. The van der Waals surface area contributed by atoms with E-state index in [9.17, 15) is 0 Å². The van der Waals surface area contributed by atoms with Crippen LogP contribution in [0.4, 0.5) is 0 Å². The van der Waals surface area contributed by atoms with Crippen LogP contribution in [0.3, 0.4) is 0 Å². The molecule has 3 aromatic rings. The summed E-state index contributed by atoms with van der Waals surface area (Å²) in [5.74, 6) is 1.30. The van der Waals surface area contributed by atoms with E-state index in [0.717, 1.165) is 21.3 Å². The third-order valence-corrected chi connectivity index (χ3v) is 3.51. The molecule has 0 N–H and O–H groups in total. The smallest absolute Gasteiger partial charge is 0.227 e. The highest BCUT2D eigenvalue weighted by Crippen LogP contribution is 2.30. The number of rotatable bonds is 3. The van der Waals surface area contributed by atoms with E-state index in [1.165, 1.54) is 0 Å². The van der Waals surface area contributed by atoms with Gasteiger partial charge in [-0.15, -0.1) is 0 Å². The molecule has 0 saturated heterocycles. The summed E-state index contributed by atoms with van der Waals surface area (Å²) in [4.78, 5) is 4.60. The van der Waals surface area contributed by atoms with E-state index in [-0.39, 0.29) is 0 Å². The van der Waals surface area contributed by atoms with Crippen LogP contribution in [0.5, 0.6) is 0 Å². The quantitative estimate of drug-likeness (QED) is 0.643. The zero-order valence-electron chi connectivity index (χ0n) is 10.7. The molecule has 2 nitrogen and oxygen atoms in total. The summed E-state index contributed by atoms with van der Waals surface area (Å²) >= 11 is 3.43. The fraction of sp³-hybridized carbons (Fsp3) is 0. The summed E-state index contributed by atoms with van der Waals surface area (Å²) in [6.07, 6.45) is 1.69. The van der Waals surface area contributed by atoms with Crippen molar-refractivity contribution in [1.29, 1.82) is 0 Å². The van der Waals surface area contributed by atoms with Gasteiger partial charge in [0.05, 0.1) is 0 Å². The van der Waals surface area contributed by atoms with Crippen LogP contribution in [-0.4, -0.2) is 4.98 Å². The highest BCUT2D eigenvalue weighted by molar-refractivity contribution is 9.10. The third kappa shape index (κ3) is 2.45. The van der Waals surface area contributed by atoms with Crippen LogP contribution in [0, 0.1) is 0 Å². The van der Waals surface area contributed by atoms with E-state index >= 15 is 0 Å². The first-order valence-electron chi connectivity index (χ1n) is 6.22. The number of benzene rings is 2. The molecule has 0 atom stereocenters. The molecule has 0 aliphatic rings. The Balaban J connectivity index is 2.10. The first-order valence-corrected chi connectivity index (χ1v) is 7.02. The van der Waals surface area contributed by atoms with Gasteiger partial charge in [0.1, 0.15) is 5.69 Å². The number of aromatic nitrogens is 1. The van der Waals surface area contributed by atoms with Crippen LogP contribution in [0.2, 0.25) is 0 Å². The molecule has 0 saturated carbocycles. The van der Waals surface area contributed by atoms with Crippen molar-refractivity contribution >= 4 is 22.0 Å². The van der Waals surface area contributed by atoms with E-state index in [4.69, 9.17) is 4.42 Å². The van der Waals surface area contributed by atoms with Crippen LogP contribution < -0.4 is 0 Å². The zero-order chi connectivity index (χ0) is 13.9. The van der Waals surface area contributed by atoms with Crippen LogP contribution >= 0.6 is 15.9 Å². The summed E-state index contributed by atoms with van der Waals surface area (Å²) in [6, 6.07) is 17.8. The Kier molecular flexibility index (Phi) is 3.52. The molecule has 3 rings (SSSR count). The number of halogens is 1. The van der Waals surface area contributed by atoms with Gasteiger partial charge in [-0.05, 0) is 30.3 Å². The van der Waals surface area contributed by atoms with Gasteiger partial charge in [-0.25, -0.2) is 4.98 Å². The zero-order valence-corrected chi connectivity index (χ0v) is 12.3. The van der Waals surface area contributed by atoms with Gasteiger partial charge in [0, 0.05) is 15.6 Å². The second kappa shape index (κ2) is 5.47. The Morgan fingerprint density at radius 3 is 2.30 bits per heavy atom. The Bertz CT molecular complexity index is 729. The van der Waals surface area contributed by atoms with Gasteiger partial charge in [0.2, 0.25) is 5.89 Å². The van der Waals surface area contributed by atoms with Gasteiger partial charge < -0.3 is 4.42 Å². The SMILES string of the molecule is C=Cc1oc(-c2ccccc2)nc1-c1ccc(Br)cc1. The van der Waals surface area contributed by atoms with Crippen LogP contribution in [-0.2, 0) is 0 Å². The lowest BCUT2D eigenvalue weighted by Gasteiger charge is -1.97. The van der Waals surface area contributed by atoms with Crippen molar-refractivity contribution in [3.63, 3.8) is 0 Å². The molecule has 0 radical (unpaired) electrons. The fourth-order valence-corrected chi connectivity index (χ4v) is 2.25. The lowest BCUT2D eigenvalue weighted by Crippen LogP contribution is -1.81. The van der Waals surface area contributed by atoms with Crippen LogP contribution in [0.25, 0.3) is 28.8 Å². The third-order valence-electron chi connectivity index (χ3n) is 2.98. The molecule has 2 aromatic carbocycles. The number of nitrogens with zero attached hydrogens (tertiary/aromatic N) is 1. The highest BCUT2D eigenvalue weighted by Gasteiger charge is 2.13. The van der Waals surface area contributed by atoms with Crippen molar-refractivity contribution in [2.24, 2.45) is 0 Å². The average molecular weight is 326 g/mol. The lowest BCUT2D eigenvalue weighted by atomic mass is 10.1. The minimum absolute atomic E-state index is 0.610. The van der Waals surface area contributed by atoms with Gasteiger partial charge >= 0.3 is 0 Å². The second-order valence-corrected chi connectivity index (χ2v) is 5.22. The topological polar surface area (TPSA) is 26.0 Å². The molecule has 0 amide bonds. The molecule has 98 valence electrons. The summed E-state index contributed by atoms with van der Waals surface area (Å²) < 4.78 is 6.83. The molecule has 20 heavy (non-hydrogen) atoms.